The number of nitrogens with one attached hydrogen (secondary N) is 1. The number of fused-ring (bicyclic) bond motifs is 4. The van der Waals surface area contributed by atoms with E-state index < -0.39 is 41.6 Å². The summed E-state index contributed by atoms with van der Waals surface area (Å²) >= 11 is 0. The molecule has 3 heterocycles. The molecule has 38 heavy (non-hydrogen) atoms. The zero-order valence-electron chi connectivity index (χ0n) is 20.2. The van der Waals surface area contributed by atoms with Crippen molar-refractivity contribution < 1.29 is 27.5 Å². The Bertz CT molecular complexity index is 1470. The second kappa shape index (κ2) is 10.6. The Hall–Kier alpha value is -4.34. The van der Waals surface area contributed by atoms with Gasteiger partial charge in [-0.2, -0.15) is 0 Å². The molecule has 0 saturated carbocycles. The standard InChI is InChI=1S/C28H24F3N3O4/c29-12-20-7-4-8-21-14-34(20)28(37)24-26(38-16-17-5-2-1-3-6-17)25(35)22(15-33(21)24)27(36)32-13-18-9-10-19(30)11-23(18)31/h1-7,9-11,15,20-21H,8,12-14,16H2,(H,32,36)/t20-,21+/m1/s1. The van der Waals surface area contributed by atoms with E-state index in [1.54, 1.807) is 41.0 Å². The largest absolute Gasteiger partial charge is 0.483 e. The fourth-order valence-corrected chi connectivity index (χ4v) is 4.71. The third kappa shape index (κ3) is 4.81. The highest BCUT2D eigenvalue weighted by Crippen LogP contribution is 2.33. The molecule has 7 nitrogen and oxygen atoms in total. The molecule has 2 aliphatic rings. The van der Waals surface area contributed by atoms with Crippen LogP contribution in [0.2, 0.25) is 0 Å². The minimum Gasteiger partial charge on any atom is -0.483 e. The summed E-state index contributed by atoms with van der Waals surface area (Å²) in [6, 6.07) is 10.8. The maximum absolute atomic E-state index is 14.1. The van der Waals surface area contributed by atoms with E-state index in [1.165, 1.54) is 17.2 Å². The van der Waals surface area contributed by atoms with Crippen molar-refractivity contribution in [3.8, 4) is 5.75 Å². The van der Waals surface area contributed by atoms with Crippen LogP contribution in [0.1, 0.15) is 44.4 Å². The van der Waals surface area contributed by atoms with Gasteiger partial charge in [-0.15, -0.1) is 0 Å². The summed E-state index contributed by atoms with van der Waals surface area (Å²) in [5.41, 5.74) is -0.393. The number of pyridine rings is 1. The summed E-state index contributed by atoms with van der Waals surface area (Å²) in [7, 11) is 0. The number of halogens is 3. The van der Waals surface area contributed by atoms with E-state index in [1.807, 2.05) is 6.07 Å². The van der Waals surface area contributed by atoms with Crippen molar-refractivity contribution in [2.75, 3.05) is 13.2 Å². The van der Waals surface area contributed by atoms with Crippen LogP contribution in [0.3, 0.4) is 0 Å². The van der Waals surface area contributed by atoms with Crippen LogP contribution in [0.4, 0.5) is 13.2 Å². The zero-order chi connectivity index (χ0) is 26.8. The SMILES string of the molecule is O=C(NCc1ccc(F)cc1F)c1cn2c(c(OCc3ccccc3)c1=O)C(=O)N1C[C@@H]2CC=C[C@@H]1CF. The molecule has 1 N–H and O–H groups in total. The molecule has 0 aliphatic carbocycles. The lowest BCUT2D eigenvalue weighted by Gasteiger charge is -2.37. The number of hydrogen-bond acceptors (Lipinski definition) is 4. The second-order valence-electron chi connectivity index (χ2n) is 9.15. The van der Waals surface area contributed by atoms with E-state index in [0.29, 0.717) is 12.5 Å². The Morgan fingerprint density at radius 1 is 1.11 bits per heavy atom. The third-order valence-electron chi connectivity index (χ3n) is 6.71. The van der Waals surface area contributed by atoms with Crippen molar-refractivity contribution in [1.82, 2.24) is 14.8 Å². The quantitative estimate of drug-likeness (QED) is 0.476. The van der Waals surface area contributed by atoms with Gasteiger partial charge in [-0.3, -0.25) is 14.4 Å². The molecule has 2 amide bonds. The maximum Gasteiger partial charge on any atom is 0.275 e. The van der Waals surface area contributed by atoms with Crippen LogP contribution in [0, 0.1) is 11.6 Å². The van der Waals surface area contributed by atoms with Crippen molar-refractivity contribution in [2.45, 2.75) is 31.7 Å². The monoisotopic (exact) mass is 523 g/mol. The first-order chi connectivity index (χ1) is 18.4. The van der Waals surface area contributed by atoms with E-state index in [9.17, 15) is 27.6 Å². The molecule has 0 spiro atoms. The topological polar surface area (TPSA) is 80.6 Å². The molecule has 0 radical (unpaired) electrons. The summed E-state index contributed by atoms with van der Waals surface area (Å²) in [6.07, 6.45) is 5.14. The molecule has 2 aromatic carbocycles. The van der Waals surface area contributed by atoms with Gasteiger partial charge < -0.3 is 19.5 Å². The van der Waals surface area contributed by atoms with Crippen LogP contribution in [0.25, 0.3) is 0 Å². The van der Waals surface area contributed by atoms with Crippen LogP contribution in [-0.2, 0) is 13.2 Å². The molecule has 0 saturated heterocycles. The number of benzene rings is 2. The van der Waals surface area contributed by atoms with Crippen LogP contribution >= 0.6 is 0 Å². The third-order valence-corrected chi connectivity index (χ3v) is 6.71. The molecule has 2 bridgehead atoms. The number of aromatic nitrogens is 1. The van der Waals surface area contributed by atoms with Crippen LogP contribution in [0.15, 0.2) is 71.7 Å². The van der Waals surface area contributed by atoms with E-state index in [4.69, 9.17) is 4.74 Å². The first-order valence-corrected chi connectivity index (χ1v) is 12.1. The van der Waals surface area contributed by atoms with Gasteiger partial charge in [0.15, 0.2) is 11.4 Å². The van der Waals surface area contributed by atoms with Crippen LogP contribution < -0.4 is 15.5 Å². The average Bonchev–Trinajstić information content (AvgIpc) is 3.11. The summed E-state index contributed by atoms with van der Waals surface area (Å²) in [6.45, 7) is -0.919. The lowest BCUT2D eigenvalue weighted by molar-refractivity contribution is 0.0589. The summed E-state index contributed by atoms with van der Waals surface area (Å²) in [5.74, 6) is -3.28. The van der Waals surface area contributed by atoms with Gasteiger partial charge in [0.05, 0.1) is 12.1 Å². The number of carbonyl (C=O) groups excluding carboxylic acids is 2. The first kappa shape index (κ1) is 25.3. The molecule has 3 aromatic rings. The predicted octanol–water partition coefficient (Wildman–Crippen LogP) is 3.93. The molecular formula is C28H24F3N3O4. The molecule has 2 aliphatic heterocycles. The van der Waals surface area contributed by atoms with Crippen molar-refractivity contribution >= 4 is 11.8 Å². The molecule has 2 atom stereocenters. The molecule has 196 valence electrons. The van der Waals surface area contributed by atoms with Gasteiger partial charge in [0, 0.05) is 30.9 Å². The molecule has 5 rings (SSSR count). The molecular weight excluding hydrogens is 499 g/mol. The highest BCUT2D eigenvalue weighted by atomic mass is 19.1. The Morgan fingerprint density at radius 3 is 2.63 bits per heavy atom. The summed E-state index contributed by atoms with van der Waals surface area (Å²) in [4.78, 5) is 41.5. The minimum absolute atomic E-state index is 0.0374. The number of nitrogens with zero attached hydrogens (tertiary/aromatic N) is 2. The van der Waals surface area contributed by atoms with Crippen LogP contribution in [-0.4, -0.2) is 40.5 Å². The molecule has 1 aromatic heterocycles. The first-order valence-electron chi connectivity index (χ1n) is 12.1. The van der Waals surface area contributed by atoms with E-state index in [0.717, 1.165) is 11.6 Å². The van der Waals surface area contributed by atoms with Crippen molar-refractivity contribution in [2.24, 2.45) is 0 Å². The fourth-order valence-electron chi connectivity index (χ4n) is 4.71. The average molecular weight is 524 g/mol. The Balaban J connectivity index is 1.54. The number of ether oxygens (including phenoxy) is 1. The van der Waals surface area contributed by atoms with Gasteiger partial charge >= 0.3 is 0 Å². The molecule has 10 heteroatoms. The lowest BCUT2D eigenvalue weighted by atomic mass is 10.1. The maximum atomic E-state index is 14.1. The Labute approximate surface area is 216 Å². The Kier molecular flexibility index (Phi) is 7.04. The van der Waals surface area contributed by atoms with Crippen molar-refractivity contribution in [3.05, 3.63) is 111 Å². The molecule has 0 unspecified atom stereocenters. The summed E-state index contributed by atoms with van der Waals surface area (Å²) < 4.78 is 48.5. The number of allylic oxidation sites excluding steroid dienone is 1. The number of carbonyl (C=O) groups is 2. The predicted molar refractivity (Wildman–Crippen MR) is 133 cm³/mol. The minimum atomic E-state index is -0.835. The van der Waals surface area contributed by atoms with Crippen molar-refractivity contribution in [1.29, 1.82) is 0 Å². The highest BCUT2D eigenvalue weighted by molar-refractivity contribution is 5.99. The zero-order valence-corrected chi connectivity index (χ0v) is 20.2. The van der Waals surface area contributed by atoms with E-state index >= 15 is 0 Å². The fraction of sp³-hybridized carbons (Fsp3) is 0.250. The van der Waals surface area contributed by atoms with Crippen LogP contribution in [0.5, 0.6) is 5.75 Å². The number of amides is 2. The number of rotatable bonds is 7. The van der Waals surface area contributed by atoms with Gasteiger partial charge in [-0.1, -0.05) is 48.6 Å². The summed E-state index contributed by atoms with van der Waals surface area (Å²) in [5, 5.41) is 2.49. The highest BCUT2D eigenvalue weighted by Gasteiger charge is 2.39. The van der Waals surface area contributed by atoms with Gasteiger partial charge in [-0.25, -0.2) is 13.2 Å². The number of alkyl halides is 1. The lowest BCUT2D eigenvalue weighted by Crippen LogP contribution is -2.49. The van der Waals surface area contributed by atoms with Gasteiger partial charge in [0.1, 0.15) is 30.5 Å². The van der Waals surface area contributed by atoms with Crippen molar-refractivity contribution in [3.63, 3.8) is 0 Å². The normalized spacial score (nSPS) is 18.1. The Morgan fingerprint density at radius 2 is 1.89 bits per heavy atom. The van der Waals surface area contributed by atoms with Gasteiger partial charge in [0.25, 0.3) is 11.8 Å². The van der Waals surface area contributed by atoms with E-state index in [-0.39, 0.29) is 48.3 Å². The van der Waals surface area contributed by atoms with E-state index in [2.05, 4.69) is 5.32 Å². The van der Waals surface area contributed by atoms with Gasteiger partial charge in [-0.05, 0) is 18.1 Å². The molecule has 0 fully saturated rings. The smallest absolute Gasteiger partial charge is 0.275 e. The second-order valence-corrected chi connectivity index (χ2v) is 9.15. The van der Waals surface area contributed by atoms with Gasteiger partial charge in [0.2, 0.25) is 5.43 Å². The number of hydrogen-bond donors (Lipinski definition) is 1.